The second kappa shape index (κ2) is 4.47. The van der Waals surface area contributed by atoms with E-state index in [9.17, 15) is 14.6 Å². The Balaban J connectivity index is 2.10. The molecule has 1 aromatic heterocycles. The third-order valence-corrected chi connectivity index (χ3v) is 3.35. The van der Waals surface area contributed by atoms with Crippen molar-refractivity contribution in [2.75, 3.05) is 12.3 Å². The first kappa shape index (κ1) is 13.4. The van der Waals surface area contributed by atoms with E-state index in [0.717, 1.165) is 0 Å². The van der Waals surface area contributed by atoms with Crippen LogP contribution in [0.15, 0.2) is 4.99 Å². The van der Waals surface area contributed by atoms with Crippen molar-refractivity contribution in [1.82, 2.24) is 9.97 Å². The highest BCUT2D eigenvalue weighted by Gasteiger charge is 2.48. The number of rotatable bonds is 1. The number of halogens is 1. The minimum atomic E-state index is -1.54. The van der Waals surface area contributed by atoms with Crippen LogP contribution in [0.1, 0.15) is 6.42 Å². The van der Waals surface area contributed by atoms with Crippen LogP contribution in [0.25, 0.3) is 0 Å². The maximum absolute atomic E-state index is 13.3. The van der Waals surface area contributed by atoms with Crippen LogP contribution in [0, 0.1) is 18.4 Å². The van der Waals surface area contributed by atoms with Gasteiger partial charge in [0.1, 0.15) is 6.10 Å². The van der Waals surface area contributed by atoms with Gasteiger partial charge in [-0.15, -0.1) is 10.8 Å². The van der Waals surface area contributed by atoms with Crippen LogP contribution in [0.3, 0.4) is 0 Å². The number of ether oxygens (including phenoxy) is 1. The van der Waals surface area contributed by atoms with Gasteiger partial charge in [-0.2, -0.15) is 9.56 Å². The minimum absolute atomic E-state index is 0.0156. The Morgan fingerprint density at radius 2 is 2.38 bits per heavy atom. The zero-order valence-corrected chi connectivity index (χ0v) is 10.7. The predicted molar refractivity (Wildman–Crippen MR) is 69.8 cm³/mol. The largest absolute Gasteiger partial charge is 0.445 e. The Labute approximate surface area is 118 Å². The number of hydrogen-bond acceptors (Lipinski definition) is 7. The Kier molecular flexibility index (Phi) is 2.86. The van der Waals surface area contributed by atoms with Gasteiger partial charge >= 0.3 is 11.9 Å². The molecule has 3 rings (SSSR count). The fourth-order valence-corrected chi connectivity index (χ4v) is 2.18. The highest BCUT2D eigenvalue weighted by Crippen LogP contribution is 2.36. The summed E-state index contributed by atoms with van der Waals surface area (Å²) in [6.45, 7) is -0.563. The molecule has 2 aliphatic heterocycles. The summed E-state index contributed by atoms with van der Waals surface area (Å²) in [7, 11) is 0. The first-order valence-electron chi connectivity index (χ1n) is 5.98. The van der Waals surface area contributed by atoms with Crippen LogP contribution in [0.5, 0.6) is 0 Å². The van der Waals surface area contributed by atoms with Crippen molar-refractivity contribution in [3.05, 3.63) is 6.08 Å². The van der Waals surface area contributed by atoms with Gasteiger partial charge in [-0.3, -0.25) is 0 Å². The molecule has 0 spiro atoms. The van der Waals surface area contributed by atoms with E-state index in [1.54, 1.807) is 0 Å². The van der Waals surface area contributed by atoms with Gasteiger partial charge in [-0.1, -0.05) is 10.9 Å². The molecular weight excluding hydrogens is 281 g/mol. The smallest absolute Gasteiger partial charge is 0.386 e. The first-order valence-corrected chi connectivity index (χ1v) is 5.98. The maximum Gasteiger partial charge on any atom is 0.386 e. The predicted octanol–water partition coefficient (Wildman–Crippen LogP) is -0.941. The quantitative estimate of drug-likeness (QED) is 0.349. The average molecular weight is 292 g/mol. The molecule has 9 heteroatoms. The number of hydrogen-bond donors (Lipinski definition) is 3. The van der Waals surface area contributed by atoms with E-state index in [4.69, 9.17) is 16.9 Å². The normalized spacial score (nSPS) is 30.1. The van der Waals surface area contributed by atoms with Crippen LogP contribution in [-0.4, -0.2) is 55.3 Å². The van der Waals surface area contributed by atoms with Gasteiger partial charge in [0, 0.05) is 0 Å². The molecular formula is C12H11FN5O3+. The third-order valence-electron chi connectivity index (χ3n) is 3.35. The molecule has 1 saturated heterocycles. The minimum Gasteiger partial charge on any atom is -0.445 e. The number of nitrogens with zero attached hydrogens (tertiary/aromatic N) is 4. The third kappa shape index (κ3) is 1.84. The molecule has 0 aromatic carbocycles. The average Bonchev–Trinajstić information content (AvgIpc) is 3.00. The topological polar surface area (TPSA) is 117 Å². The van der Waals surface area contributed by atoms with E-state index in [1.807, 2.05) is 0 Å². The number of nitrogen functional groups attached to an aromatic ring is 1. The second-order valence-electron chi connectivity index (χ2n) is 4.57. The highest BCUT2D eigenvalue weighted by molar-refractivity contribution is 5.86. The summed E-state index contributed by atoms with van der Waals surface area (Å²) in [4.78, 5) is 11.0. The lowest BCUT2D eigenvalue weighted by atomic mass is 9.99. The van der Waals surface area contributed by atoms with Gasteiger partial charge in [0.15, 0.2) is 5.82 Å². The van der Waals surface area contributed by atoms with Gasteiger partial charge in [0.25, 0.3) is 5.69 Å². The van der Waals surface area contributed by atoms with Crippen molar-refractivity contribution in [3.8, 4) is 12.3 Å². The molecule has 3 heterocycles. The second-order valence-corrected chi connectivity index (χ2v) is 4.57. The number of terminal acetylenes is 1. The number of aliphatic hydroxyl groups excluding tert-OH is 2. The van der Waals surface area contributed by atoms with Gasteiger partial charge in [0.05, 0.1) is 13.0 Å². The number of nitrogens with two attached hydrogens (primary N) is 1. The van der Waals surface area contributed by atoms with Crippen molar-refractivity contribution in [1.29, 1.82) is 0 Å². The molecule has 1 aromatic rings. The number of aliphatic hydroxyl groups is 2. The van der Waals surface area contributed by atoms with Gasteiger partial charge in [-0.05, 0) is 4.98 Å². The molecule has 0 bridgehead atoms. The van der Waals surface area contributed by atoms with Crippen LogP contribution in [0.2, 0.25) is 0 Å². The summed E-state index contributed by atoms with van der Waals surface area (Å²) in [6, 6.07) is 0. The zero-order chi connectivity index (χ0) is 15.2. The molecule has 8 nitrogen and oxygen atoms in total. The summed E-state index contributed by atoms with van der Waals surface area (Å²) >= 11 is 0. The Bertz CT molecular complexity index is 726. The van der Waals surface area contributed by atoms with Crippen molar-refractivity contribution >= 4 is 29.6 Å². The Morgan fingerprint density at radius 1 is 1.62 bits per heavy atom. The van der Waals surface area contributed by atoms with Crippen LogP contribution >= 0.6 is 0 Å². The van der Waals surface area contributed by atoms with Crippen molar-refractivity contribution in [2.24, 2.45) is 4.99 Å². The Morgan fingerprint density at radius 3 is 3.00 bits per heavy atom. The van der Waals surface area contributed by atoms with Crippen LogP contribution < -0.4 is 5.73 Å². The molecule has 0 radical (unpaired) electrons. The first-order chi connectivity index (χ1) is 10.0. The summed E-state index contributed by atoms with van der Waals surface area (Å²) in [5.41, 5.74) is 4.22. The standard InChI is InChI=1S/C12H11FN5O3/c1-2-12(4-19)6(20)3-7(21-12)18-5-15-8-9(14)16-11(13)17-10(8)18/h1,5-6,19-20H,3-4H2,(H2,14,16,17)/q+1/t6-,12+/m0/s1. The summed E-state index contributed by atoms with van der Waals surface area (Å²) in [6.07, 6.45) is 4.51. The molecule has 21 heavy (non-hydrogen) atoms. The van der Waals surface area contributed by atoms with Crippen molar-refractivity contribution < 1.29 is 23.9 Å². The summed E-state index contributed by atoms with van der Waals surface area (Å²) in [5, 5.41) is 19.3. The number of aromatic nitrogens is 2. The maximum atomic E-state index is 13.3. The molecule has 0 saturated carbocycles. The fraction of sp³-hybridized carbons (Fsp3) is 0.333. The lowest BCUT2D eigenvalue weighted by Gasteiger charge is -2.22. The molecule has 4 N–H and O–H groups in total. The number of aliphatic imine (C=N–C) groups is 1. The van der Waals surface area contributed by atoms with Crippen molar-refractivity contribution in [3.63, 3.8) is 0 Å². The van der Waals surface area contributed by atoms with Gasteiger partial charge in [0.2, 0.25) is 17.8 Å². The summed E-state index contributed by atoms with van der Waals surface area (Å²) < 4.78 is 20.1. The lowest BCUT2D eigenvalue weighted by molar-refractivity contribution is -0.312. The zero-order valence-electron chi connectivity index (χ0n) is 10.7. The molecule has 0 aliphatic carbocycles. The molecule has 108 valence electrons. The monoisotopic (exact) mass is 292 g/mol. The van der Waals surface area contributed by atoms with Crippen LogP contribution in [-0.2, 0) is 4.74 Å². The lowest BCUT2D eigenvalue weighted by Crippen LogP contribution is -2.41. The van der Waals surface area contributed by atoms with E-state index < -0.39 is 24.4 Å². The molecule has 0 unspecified atom stereocenters. The number of fused-ring (bicyclic) bond motifs is 1. The molecule has 1 fully saturated rings. The van der Waals surface area contributed by atoms with E-state index in [0.29, 0.717) is 0 Å². The van der Waals surface area contributed by atoms with E-state index in [1.165, 1.54) is 10.9 Å². The molecule has 0 amide bonds. The van der Waals surface area contributed by atoms with E-state index in [2.05, 4.69) is 20.9 Å². The SMILES string of the molecule is C#C[C@]1(CO)OC(=[N+]2C=Nc3c(N)nc(F)nc32)C[C@@H]1O. The van der Waals surface area contributed by atoms with Crippen LogP contribution in [0.4, 0.5) is 21.7 Å². The van der Waals surface area contributed by atoms with E-state index in [-0.39, 0.29) is 29.6 Å². The van der Waals surface area contributed by atoms with Crippen molar-refractivity contribution in [2.45, 2.75) is 18.1 Å². The van der Waals surface area contributed by atoms with Gasteiger partial charge in [-0.25, -0.2) is 0 Å². The van der Waals surface area contributed by atoms with E-state index >= 15 is 0 Å². The molecule has 2 aliphatic rings. The Hall–Kier alpha value is -2.57. The number of anilines is 1. The summed E-state index contributed by atoms with van der Waals surface area (Å²) in [5.74, 6) is 2.40. The molecule has 2 atom stereocenters. The highest BCUT2D eigenvalue weighted by atomic mass is 19.1. The fourth-order valence-electron chi connectivity index (χ4n) is 2.18. The van der Waals surface area contributed by atoms with Gasteiger partial charge < -0.3 is 20.7 Å².